The number of ether oxygens (including phenoxy) is 1. The standard InChI is InChI=1S/C29H32N4O9/c1-4-13-9-15(12-31-28(40)33-5-7-42-8-6-33)16-10-14-11-17-21(32(2)3)24(36)20(27(30)39)26(38)29(17,41)25(37)18(14)23(35)19(16)22(13)34/h1,9,14,17-18,20-21,34,41H,5-8,10-12H2,2-3H3,(H2,30,39)(H,31,40)/t14-,17-,18?,20?,21-,29-/m0/s1. The minimum Gasteiger partial charge on any atom is -0.506 e. The minimum atomic E-state index is -2.81. The summed E-state index contributed by atoms with van der Waals surface area (Å²) >= 11 is 0. The lowest BCUT2D eigenvalue weighted by molar-refractivity contribution is -0.181. The van der Waals surface area contributed by atoms with E-state index in [0.717, 1.165) is 0 Å². The number of ketones is 4. The third-order valence-corrected chi connectivity index (χ3v) is 9.04. The summed E-state index contributed by atoms with van der Waals surface area (Å²) in [7, 11) is 3.03. The van der Waals surface area contributed by atoms with E-state index >= 15 is 0 Å². The number of amides is 3. The number of aliphatic hydroxyl groups is 1. The number of carbonyl (C=O) groups is 6. The molecule has 13 nitrogen and oxygen atoms in total. The Morgan fingerprint density at radius 3 is 2.48 bits per heavy atom. The predicted molar refractivity (Wildman–Crippen MR) is 144 cm³/mol. The van der Waals surface area contributed by atoms with Gasteiger partial charge in [0, 0.05) is 25.6 Å². The molecule has 1 heterocycles. The van der Waals surface area contributed by atoms with E-state index < -0.39 is 70.1 Å². The number of terminal acetylenes is 1. The summed E-state index contributed by atoms with van der Waals surface area (Å²) in [5.41, 5.74) is 3.13. The van der Waals surface area contributed by atoms with E-state index in [4.69, 9.17) is 16.9 Å². The molecule has 2 unspecified atom stereocenters. The zero-order valence-corrected chi connectivity index (χ0v) is 23.2. The number of benzene rings is 1. The molecule has 3 aliphatic carbocycles. The van der Waals surface area contributed by atoms with E-state index in [2.05, 4.69) is 11.2 Å². The first-order valence-electron chi connectivity index (χ1n) is 13.6. The average Bonchev–Trinajstić information content (AvgIpc) is 2.94. The molecule has 0 bridgehead atoms. The van der Waals surface area contributed by atoms with E-state index in [1.54, 1.807) is 4.90 Å². The van der Waals surface area contributed by atoms with E-state index in [1.165, 1.54) is 25.1 Å². The minimum absolute atomic E-state index is 0.0307. The van der Waals surface area contributed by atoms with Crippen LogP contribution in [0, 0.1) is 36.0 Å². The van der Waals surface area contributed by atoms with Crippen molar-refractivity contribution in [1.82, 2.24) is 15.1 Å². The van der Waals surface area contributed by atoms with Gasteiger partial charge in [0.15, 0.2) is 34.7 Å². The Hall–Kier alpha value is -4.12. The molecule has 222 valence electrons. The third kappa shape index (κ3) is 4.29. The summed E-state index contributed by atoms with van der Waals surface area (Å²) in [4.78, 5) is 82.4. The molecule has 4 aliphatic rings. The topological polar surface area (TPSA) is 197 Å². The number of hydrogen-bond acceptors (Lipinski definition) is 10. The van der Waals surface area contributed by atoms with Gasteiger partial charge in [0.2, 0.25) is 5.91 Å². The van der Waals surface area contributed by atoms with Gasteiger partial charge in [-0.1, -0.05) is 5.92 Å². The van der Waals surface area contributed by atoms with Crippen LogP contribution in [0.1, 0.15) is 33.5 Å². The average molecular weight is 581 g/mol. The number of primary amides is 1. The Balaban J connectivity index is 1.55. The van der Waals surface area contributed by atoms with Gasteiger partial charge in [0.1, 0.15) is 5.75 Å². The Kier molecular flexibility index (Phi) is 7.42. The maximum atomic E-state index is 14.0. The highest BCUT2D eigenvalue weighted by Crippen LogP contribution is 2.51. The summed E-state index contributed by atoms with van der Waals surface area (Å²) in [6.07, 6.45) is 5.57. The van der Waals surface area contributed by atoms with Gasteiger partial charge in [-0.15, -0.1) is 6.42 Å². The first kappa shape index (κ1) is 29.4. The first-order valence-corrected chi connectivity index (χ1v) is 13.6. The second-order valence-electron chi connectivity index (χ2n) is 11.5. The molecule has 13 heteroatoms. The van der Waals surface area contributed by atoms with Gasteiger partial charge in [0.05, 0.1) is 36.3 Å². The zero-order valence-electron chi connectivity index (χ0n) is 23.2. The van der Waals surface area contributed by atoms with Gasteiger partial charge in [-0.2, -0.15) is 0 Å². The molecule has 1 aromatic carbocycles. The fourth-order valence-corrected chi connectivity index (χ4v) is 7.07. The van der Waals surface area contributed by atoms with Gasteiger partial charge in [0.25, 0.3) is 0 Å². The fourth-order valence-electron chi connectivity index (χ4n) is 7.07. The van der Waals surface area contributed by atoms with Crippen molar-refractivity contribution < 1.29 is 43.7 Å². The number of nitrogens with zero attached hydrogens (tertiary/aromatic N) is 2. The molecule has 42 heavy (non-hydrogen) atoms. The van der Waals surface area contributed by atoms with Crippen molar-refractivity contribution in [3.05, 3.63) is 28.3 Å². The van der Waals surface area contributed by atoms with Crippen LogP contribution in [0.5, 0.6) is 5.75 Å². The fraction of sp³-hybridized carbons (Fsp3) is 0.517. The maximum Gasteiger partial charge on any atom is 0.317 e. The van der Waals surface area contributed by atoms with E-state index in [9.17, 15) is 39.0 Å². The van der Waals surface area contributed by atoms with Gasteiger partial charge < -0.3 is 30.9 Å². The van der Waals surface area contributed by atoms with Crippen LogP contribution in [-0.4, -0.2) is 107 Å². The number of nitrogens with one attached hydrogen (secondary N) is 1. The summed E-state index contributed by atoms with van der Waals surface area (Å²) < 4.78 is 5.28. The van der Waals surface area contributed by atoms with Crippen molar-refractivity contribution in [3.8, 4) is 18.1 Å². The molecule has 5 N–H and O–H groups in total. The van der Waals surface area contributed by atoms with Crippen LogP contribution in [0.2, 0.25) is 0 Å². The zero-order chi connectivity index (χ0) is 30.7. The number of hydrogen-bond donors (Lipinski definition) is 4. The molecule has 0 aromatic heterocycles. The molecule has 0 radical (unpaired) electrons. The van der Waals surface area contributed by atoms with Crippen LogP contribution in [0.4, 0.5) is 4.79 Å². The highest BCUT2D eigenvalue weighted by Gasteiger charge is 2.69. The smallest absolute Gasteiger partial charge is 0.317 e. The van der Waals surface area contributed by atoms with Crippen molar-refractivity contribution in [2.75, 3.05) is 40.4 Å². The summed E-state index contributed by atoms with van der Waals surface area (Å²) in [6, 6.07) is -0.0516. The van der Waals surface area contributed by atoms with Crippen LogP contribution in [0.3, 0.4) is 0 Å². The maximum absolute atomic E-state index is 14.0. The molecule has 1 saturated heterocycles. The Labute approximate surface area is 241 Å². The number of phenolic OH excluding ortho intramolecular Hbond substituents is 1. The molecule has 0 spiro atoms. The van der Waals surface area contributed by atoms with Crippen molar-refractivity contribution in [1.29, 1.82) is 0 Å². The van der Waals surface area contributed by atoms with E-state index in [-0.39, 0.29) is 36.5 Å². The molecule has 6 atom stereocenters. The molecule has 1 aromatic rings. The van der Waals surface area contributed by atoms with Crippen LogP contribution >= 0.6 is 0 Å². The number of carbonyl (C=O) groups excluding carboxylic acids is 6. The number of Topliss-reactive ketones (excluding diaryl/α,β-unsaturated/α-hetero) is 4. The molecule has 3 fully saturated rings. The summed E-state index contributed by atoms with van der Waals surface area (Å²) in [5, 5.41) is 25.5. The van der Waals surface area contributed by atoms with Gasteiger partial charge >= 0.3 is 6.03 Å². The van der Waals surface area contributed by atoms with Crippen LogP contribution in [0.15, 0.2) is 6.07 Å². The molecule has 5 rings (SSSR count). The number of likely N-dealkylation sites (N-methyl/N-ethyl adjacent to an activating group) is 1. The van der Waals surface area contributed by atoms with Crippen LogP contribution in [0.25, 0.3) is 0 Å². The molecule has 3 amide bonds. The Morgan fingerprint density at radius 1 is 1.21 bits per heavy atom. The van der Waals surface area contributed by atoms with Crippen molar-refractivity contribution in [3.63, 3.8) is 0 Å². The number of phenols is 1. The number of fused-ring (bicyclic) bond motifs is 3. The van der Waals surface area contributed by atoms with Gasteiger partial charge in [-0.25, -0.2) is 4.79 Å². The van der Waals surface area contributed by atoms with Crippen molar-refractivity contribution >= 4 is 35.1 Å². The predicted octanol–water partition coefficient (Wildman–Crippen LogP) is -1.61. The normalized spacial score (nSPS) is 30.7. The first-order chi connectivity index (χ1) is 19.8. The molecule has 1 aliphatic heterocycles. The lowest BCUT2D eigenvalue weighted by atomic mass is 9.52. The molecule has 2 saturated carbocycles. The second-order valence-corrected chi connectivity index (χ2v) is 11.5. The largest absolute Gasteiger partial charge is 0.506 e. The second kappa shape index (κ2) is 10.6. The van der Waals surface area contributed by atoms with Crippen LogP contribution < -0.4 is 11.1 Å². The lowest BCUT2D eigenvalue weighted by Gasteiger charge is -2.52. The number of rotatable bonds is 4. The third-order valence-electron chi connectivity index (χ3n) is 9.04. The number of aromatic hydroxyl groups is 1. The van der Waals surface area contributed by atoms with Crippen molar-refractivity contribution in [2.24, 2.45) is 29.4 Å². The van der Waals surface area contributed by atoms with Gasteiger partial charge in [-0.3, -0.25) is 28.9 Å². The van der Waals surface area contributed by atoms with E-state index in [1.807, 2.05) is 0 Å². The SMILES string of the molecule is C#Cc1cc(CNC(=O)N2CCOCC2)c2c(c1O)C(=O)C1C(=O)[C@]3(O)C(=O)C(C(N)=O)C(=O)[C@@H](N(C)C)[C@@H]3C[C@@H]1C2. The lowest BCUT2D eigenvalue weighted by Crippen LogP contribution is -2.74. The number of morpholine rings is 1. The quantitative estimate of drug-likeness (QED) is 0.238. The Bertz CT molecular complexity index is 1460. The van der Waals surface area contributed by atoms with Crippen LogP contribution in [-0.2, 0) is 36.9 Å². The van der Waals surface area contributed by atoms with E-state index in [0.29, 0.717) is 37.4 Å². The monoisotopic (exact) mass is 580 g/mol. The molecular formula is C29H32N4O9. The summed E-state index contributed by atoms with van der Waals surface area (Å²) in [6.45, 7) is 1.59. The molecular weight excluding hydrogens is 548 g/mol. The summed E-state index contributed by atoms with van der Waals surface area (Å²) in [5.74, 6) is -9.20. The highest BCUT2D eigenvalue weighted by atomic mass is 16.5. The van der Waals surface area contributed by atoms with Crippen molar-refractivity contribution in [2.45, 2.75) is 31.0 Å². The highest BCUT2D eigenvalue weighted by molar-refractivity contribution is 6.32. The Morgan fingerprint density at radius 2 is 1.88 bits per heavy atom. The number of nitrogens with two attached hydrogens (primary N) is 1. The number of urea groups is 1. The van der Waals surface area contributed by atoms with Gasteiger partial charge in [-0.05, 0) is 50.0 Å².